The molecular weight excluding hydrogens is 293 g/mol. The van der Waals surface area contributed by atoms with Crippen molar-refractivity contribution in [3.63, 3.8) is 0 Å². The van der Waals surface area contributed by atoms with Gasteiger partial charge in [-0.25, -0.2) is 0 Å². The molecule has 5 heteroatoms. The molecule has 1 atom stereocenters. The highest BCUT2D eigenvalue weighted by Gasteiger charge is 2.19. The standard InChI is InChI=1S/C15H19N3.2ClH/c1-2-15(18-9-7-16-8-10-18)13-3-4-14-12(11-13)5-6-17-14;;/h2-6,11,15-17H,1,7-10H2;2*1H/t15-;;/m1../s1. The number of nitrogens with zero attached hydrogens (tertiary/aromatic N) is 1. The van der Waals surface area contributed by atoms with E-state index in [2.05, 4.69) is 52.1 Å². The van der Waals surface area contributed by atoms with Crippen molar-refractivity contribution in [1.29, 1.82) is 0 Å². The van der Waals surface area contributed by atoms with Crippen LogP contribution >= 0.6 is 24.8 Å². The highest BCUT2D eigenvalue weighted by molar-refractivity contribution is 5.85. The Labute approximate surface area is 132 Å². The van der Waals surface area contributed by atoms with Crippen molar-refractivity contribution in [3.05, 3.63) is 48.7 Å². The molecule has 2 aromatic rings. The predicted octanol–water partition coefficient (Wildman–Crippen LogP) is 3.14. The van der Waals surface area contributed by atoms with E-state index in [9.17, 15) is 0 Å². The fourth-order valence-electron chi connectivity index (χ4n) is 2.71. The van der Waals surface area contributed by atoms with Gasteiger partial charge in [0, 0.05) is 37.9 Å². The lowest BCUT2D eigenvalue weighted by Gasteiger charge is -2.33. The highest BCUT2D eigenvalue weighted by Crippen LogP contribution is 2.25. The van der Waals surface area contributed by atoms with Crippen molar-refractivity contribution in [2.75, 3.05) is 26.2 Å². The summed E-state index contributed by atoms with van der Waals surface area (Å²) >= 11 is 0. The van der Waals surface area contributed by atoms with Gasteiger partial charge in [0.1, 0.15) is 0 Å². The molecule has 1 aliphatic rings. The quantitative estimate of drug-likeness (QED) is 0.853. The van der Waals surface area contributed by atoms with Gasteiger partial charge >= 0.3 is 0 Å². The van der Waals surface area contributed by atoms with E-state index >= 15 is 0 Å². The van der Waals surface area contributed by atoms with Gasteiger partial charge in [-0.1, -0.05) is 12.1 Å². The van der Waals surface area contributed by atoms with Crippen molar-refractivity contribution < 1.29 is 0 Å². The maximum Gasteiger partial charge on any atom is 0.0530 e. The van der Waals surface area contributed by atoms with Crippen LogP contribution in [0.3, 0.4) is 0 Å². The maximum atomic E-state index is 4.01. The zero-order valence-electron chi connectivity index (χ0n) is 11.3. The molecule has 2 N–H and O–H groups in total. The minimum atomic E-state index is 0. The van der Waals surface area contributed by atoms with Gasteiger partial charge in [0.2, 0.25) is 0 Å². The summed E-state index contributed by atoms with van der Waals surface area (Å²) in [5.41, 5.74) is 2.53. The lowest BCUT2D eigenvalue weighted by atomic mass is 10.0. The van der Waals surface area contributed by atoms with E-state index in [0.717, 1.165) is 26.2 Å². The number of rotatable bonds is 3. The molecule has 0 radical (unpaired) electrons. The second kappa shape index (κ2) is 7.70. The fraction of sp³-hybridized carbons (Fsp3) is 0.333. The zero-order valence-corrected chi connectivity index (χ0v) is 13.0. The first kappa shape index (κ1) is 17.1. The first-order chi connectivity index (χ1) is 8.88. The van der Waals surface area contributed by atoms with Gasteiger partial charge in [-0.05, 0) is 29.1 Å². The molecule has 1 aliphatic heterocycles. The summed E-state index contributed by atoms with van der Waals surface area (Å²) in [5.74, 6) is 0. The first-order valence-electron chi connectivity index (χ1n) is 6.53. The molecule has 3 rings (SSSR count). The minimum absolute atomic E-state index is 0. The summed E-state index contributed by atoms with van der Waals surface area (Å²) < 4.78 is 0. The SMILES string of the molecule is C=C[C@H](c1ccc2[nH]ccc2c1)N1CCNCC1.Cl.Cl. The molecular formula is C15H21Cl2N3. The molecule has 2 heterocycles. The van der Waals surface area contributed by atoms with Crippen molar-refractivity contribution in [1.82, 2.24) is 15.2 Å². The Morgan fingerprint density at radius 2 is 1.90 bits per heavy atom. The van der Waals surface area contributed by atoms with Crippen LogP contribution in [0.1, 0.15) is 11.6 Å². The van der Waals surface area contributed by atoms with E-state index < -0.39 is 0 Å². The van der Waals surface area contributed by atoms with E-state index in [-0.39, 0.29) is 24.8 Å². The van der Waals surface area contributed by atoms with Crippen LogP contribution in [-0.2, 0) is 0 Å². The topological polar surface area (TPSA) is 31.1 Å². The van der Waals surface area contributed by atoms with E-state index in [1.165, 1.54) is 16.5 Å². The molecule has 1 fully saturated rings. The molecule has 0 unspecified atom stereocenters. The molecule has 1 saturated heterocycles. The van der Waals surface area contributed by atoms with Gasteiger partial charge in [-0.15, -0.1) is 31.4 Å². The molecule has 1 aromatic carbocycles. The van der Waals surface area contributed by atoms with Gasteiger partial charge in [-0.2, -0.15) is 0 Å². The number of aromatic amines is 1. The maximum absolute atomic E-state index is 4.01. The number of hydrogen-bond donors (Lipinski definition) is 2. The number of aromatic nitrogens is 1. The molecule has 20 heavy (non-hydrogen) atoms. The average molecular weight is 314 g/mol. The summed E-state index contributed by atoms with van der Waals surface area (Å²) in [5, 5.41) is 4.66. The molecule has 0 aliphatic carbocycles. The average Bonchev–Trinajstić information content (AvgIpc) is 2.88. The van der Waals surface area contributed by atoms with Crippen molar-refractivity contribution in [2.24, 2.45) is 0 Å². The lowest BCUT2D eigenvalue weighted by Crippen LogP contribution is -2.44. The second-order valence-corrected chi connectivity index (χ2v) is 4.79. The largest absolute Gasteiger partial charge is 0.361 e. The summed E-state index contributed by atoms with van der Waals surface area (Å²) in [4.78, 5) is 5.72. The van der Waals surface area contributed by atoms with Crippen LogP contribution in [-0.4, -0.2) is 36.1 Å². The summed E-state index contributed by atoms with van der Waals surface area (Å²) in [6.07, 6.45) is 4.04. The van der Waals surface area contributed by atoms with Crippen molar-refractivity contribution in [2.45, 2.75) is 6.04 Å². The summed E-state index contributed by atoms with van der Waals surface area (Å²) in [7, 11) is 0. The third-order valence-corrected chi connectivity index (χ3v) is 3.69. The molecule has 3 nitrogen and oxygen atoms in total. The second-order valence-electron chi connectivity index (χ2n) is 4.79. The van der Waals surface area contributed by atoms with Gasteiger partial charge in [0.05, 0.1) is 6.04 Å². The van der Waals surface area contributed by atoms with Crippen LogP contribution in [0.4, 0.5) is 0 Å². The Balaban J connectivity index is 0.000001000. The number of piperazine rings is 1. The van der Waals surface area contributed by atoms with E-state index in [4.69, 9.17) is 0 Å². The molecule has 0 bridgehead atoms. The van der Waals surface area contributed by atoms with E-state index in [1.807, 2.05) is 6.20 Å². The van der Waals surface area contributed by atoms with Gasteiger partial charge < -0.3 is 10.3 Å². The molecule has 0 saturated carbocycles. The van der Waals surface area contributed by atoms with Crippen LogP contribution in [0.15, 0.2) is 43.1 Å². The Morgan fingerprint density at radius 3 is 2.60 bits per heavy atom. The summed E-state index contributed by atoms with van der Waals surface area (Å²) in [6, 6.07) is 9.07. The van der Waals surface area contributed by atoms with Gasteiger partial charge in [0.15, 0.2) is 0 Å². The molecule has 0 spiro atoms. The van der Waals surface area contributed by atoms with Crippen molar-refractivity contribution in [3.8, 4) is 0 Å². The van der Waals surface area contributed by atoms with Gasteiger partial charge in [0.25, 0.3) is 0 Å². The van der Waals surface area contributed by atoms with Crippen LogP contribution in [0.2, 0.25) is 0 Å². The van der Waals surface area contributed by atoms with Crippen LogP contribution < -0.4 is 5.32 Å². The normalized spacial score (nSPS) is 17.0. The monoisotopic (exact) mass is 313 g/mol. The highest BCUT2D eigenvalue weighted by atomic mass is 35.5. The number of nitrogens with one attached hydrogen (secondary N) is 2. The van der Waals surface area contributed by atoms with Crippen LogP contribution in [0.25, 0.3) is 10.9 Å². The molecule has 110 valence electrons. The first-order valence-corrected chi connectivity index (χ1v) is 6.53. The van der Waals surface area contributed by atoms with Crippen LogP contribution in [0, 0.1) is 0 Å². The Hall–Kier alpha value is -1.000. The van der Waals surface area contributed by atoms with E-state index in [1.54, 1.807) is 0 Å². The third kappa shape index (κ3) is 3.36. The minimum Gasteiger partial charge on any atom is -0.361 e. The zero-order chi connectivity index (χ0) is 12.4. The van der Waals surface area contributed by atoms with Crippen molar-refractivity contribution >= 4 is 35.7 Å². The predicted molar refractivity (Wildman–Crippen MR) is 90.2 cm³/mol. The smallest absolute Gasteiger partial charge is 0.0530 e. The van der Waals surface area contributed by atoms with E-state index in [0.29, 0.717) is 6.04 Å². The molecule has 0 amide bonds. The Kier molecular flexibility index (Phi) is 6.56. The van der Waals surface area contributed by atoms with Crippen LogP contribution in [0.5, 0.6) is 0 Å². The number of hydrogen-bond acceptors (Lipinski definition) is 2. The lowest BCUT2D eigenvalue weighted by molar-refractivity contribution is 0.203. The third-order valence-electron chi connectivity index (χ3n) is 3.69. The number of halogens is 2. The Bertz CT molecular complexity index is 547. The number of benzene rings is 1. The van der Waals surface area contributed by atoms with Gasteiger partial charge in [-0.3, -0.25) is 4.90 Å². The Morgan fingerprint density at radius 1 is 1.15 bits per heavy atom. The fourth-order valence-corrected chi connectivity index (χ4v) is 2.71. The summed E-state index contributed by atoms with van der Waals surface area (Å²) in [6.45, 7) is 8.31. The number of fused-ring (bicyclic) bond motifs is 1. The molecule has 1 aromatic heterocycles. The number of H-pyrrole nitrogens is 1.